The average Bonchev–Trinajstić information content (AvgIpc) is 3.14. The molecule has 1 unspecified atom stereocenters. The van der Waals surface area contributed by atoms with Crippen molar-refractivity contribution in [3.05, 3.63) is 53.5 Å². The van der Waals surface area contributed by atoms with Crippen LogP contribution in [0.15, 0.2) is 40.8 Å². The highest BCUT2D eigenvalue weighted by Gasteiger charge is 2.21. The van der Waals surface area contributed by atoms with Crippen molar-refractivity contribution >= 4 is 0 Å². The molecule has 1 saturated heterocycles. The molecule has 0 N–H and O–H groups in total. The predicted molar refractivity (Wildman–Crippen MR) is 110 cm³/mol. The van der Waals surface area contributed by atoms with Crippen molar-refractivity contribution in [1.29, 1.82) is 0 Å². The van der Waals surface area contributed by atoms with E-state index in [4.69, 9.17) is 9.15 Å². The SMILES string of the molecule is CCc1ccc(CN(C)CC2CCCN(CCc3ccc(OC)cc3)C2)o1. The van der Waals surface area contributed by atoms with Gasteiger partial charge in [-0.2, -0.15) is 0 Å². The van der Waals surface area contributed by atoms with Gasteiger partial charge in [0.1, 0.15) is 17.3 Å². The number of likely N-dealkylation sites (tertiary alicyclic amines) is 1. The second-order valence-corrected chi connectivity index (χ2v) is 7.83. The number of hydrogen-bond acceptors (Lipinski definition) is 4. The molecule has 1 aliphatic rings. The molecule has 1 fully saturated rings. The zero-order valence-electron chi connectivity index (χ0n) is 17.1. The molecule has 0 amide bonds. The van der Waals surface area contributed by atoms with Gasteiger partial charge in [-0.15, -0.1) is 0 Å². The average molecular weight is 371 g/mol. The molecule has 1 aromatic heterocycles. The Kier molecular flexibility index (Phi) is 7.36. The van der Waals surface area contributed by atoms with E-state index in [1.165, 1.54) is 31.5 Å². The van der Waals surface area contributed by atoms with E-state index in [9.17, 15) is 0 Å². The van der Waals surface area contributed by atoms with Crippen molar-refractivity contribution in [2.24, 2.45) is 5.92 Å². The smallest absolute Gasteiger partial charge is 0.118 e. The summed E-state index contributed by atoms with van der Waals surface area (Å²) >= 11 is 0. The number of piperidine rings is 1. The van der Waals surface area contributed by atoms with Gasteiger partial charge in [-0.1, -0.05) is 19.1 Å². The summed E-state index contributed by atoms with van der Waals surface area (Å²) in [7, 11) is 3.93. The molecule has 148 valence electrons. The summed E-state index contributed by atoms with van der Waals surface area (Å²) < 4.78 is 11.1. The van der Waals surface area contributed by atoms with Gasteiger partial charge in [-0.05, 0) is 68.6 Å². The summed E-state index contributed by atoms with van der Waals surface area (Å²) in [4.78, 5) is 5.05. The van der Waals surface area contributed by atoms with Crippen molar-refractivity contribution in [2.75, 3.05) is 40.3 Å². The molecule has 27 heavy (non-hydrogen) atoms. The van der Waals surface area contributed by atoms with Gasteiger partial charge in [0.2, 0.25) is 0 Å². The van der Waals surface area contributed by atoms with Gasteiger partial charge in [0.05, 0.1) is 13.7 Å². The van der Waals surface area contributed by atoms with E-state index in [1.807, 2.05) is 0 Å². The molecule has 2 heterocycles. The topological polar surface area (TPSA) is 28.9 Å². The molecular formula is C23H34N2O2. The summed E-state index contributed by atoms with van der Waals surface area (Å²) in [5.74, 6) is 3.85. The van der Waals surface area contributed by atoms with Crippen molar-refractivity contribution in [3.63, 3.8) is 0 Å². The van der Waals surface area contributed by atoms with Crippen LogP contribution in [0.1, 0.15) is 36.8 Å². The van der Waals surface area contributed by atoms with Gasteiger partial charge in [-0.25, -0.2) is 0 Å². The third-order valence-corrected chi connectivity index (χ3v) is 5.54. The third-order valence-electron chi connectivity index (χ3n) is 5.54. The maximum atomic E-state index is 5.86. The van der Waals surface area contributed by atoms with Crippen LogP contribution in [0, 0.1) is 5.92 Å². The van der Waals surface area contributed by atoms with E-state index in [2.05, 4.69) is 60.2 Å². The lowest BCUT2D eigenvalue weighted by Crippen LogP contribution is -2.40. The Morgan fingerprint density at radius 1 is 1.15 bits per heavy atom. The van der Waals surface area contributed by atoms with Crippen LogP contribution >= 0.6 is 0 Å². The van der Waals surface area contributed by atoms with Crippen molar-refractivity contribution in [2.45, 2.75) is 39.2 Å². The summed E-state index contributed by atoms with van der Waals surface area (Å²) in [6, 6.07) is 12.7. The fraction of sp³-hybridized carbons (Fsp3) is 0.565. The normalized spacial score (nSPS) is 18.1. The number of nitrogens with zero attached hydrogens (tertiary/aromatic N) is 2. The molecule has 3 rings (SSSR count). The maximum Gasteiger partial charge on any atom is 0.118 e. The van der Waals surface area contributed by atoms with E-state index < -0.39 is 0 Å². The molecule has 4 nitrogen and oxygen atoms in total. The van der Waals surface area contributed by atoms with Crippen LogP contribution in [-0.4, -0.2) is 50.1 Å². The minimum Gasteiger partial charge on any atom is -0.497 e. The second-order valence-electron chi connectivity index (χ2n) is 7.83. The molecule has 1 aromatic carbocycles. The number of aryl methyl sites for hydroxylation is 1. The van der Waals surface area contributed by atoms with E-state index in [0.717, 1.165) is 55.7 Å². The predicted octanol–water partition coefficient (Wildman–Crippen LogP) is 4.24. The lowest BCUT2D eigenvalue weighted by Gasteiger charge is -2.34. The van der Waals surface area contributed by atoms with Crippen LogP contribution in [0.4, 0.5) is 0 Å². The monoisotopic (exact) mass is 370 g/mol. The van der Waals surface area contributed by atoms with Crippen molar-refractivity contribution < 1.29 is 9.15 Å². The first kappa shape index (κ1) is 20.0. The highest BCUT2D eigenvalue weighted by Crippen LogP contribution is 2.20. The van der Waals surface area contributed by atoms with Crippen molar-refractivity contribution in [1.82, 2.24) is 9.80 Å². The summed E-state index contributed by atoms with van der Waals surface area (Å²) in [5.41, 5.74) is 1.39. The number of rotatable bonds is 9. The number of ether oxygens (including phenoxy) is 1. The molecule has 0 bridgehead atoms. The Morgan fingerprint density at radius 3 is 2.63 bits per heavy atom. The highest BCUT2D eigenvalue weighted by atomic mass is 16.5. The Bertz CT molecular complexity index is 680. The fourth-order valence-corrected chi connectivity index (χ4v) is 4.05. The molecule has 2 aromatic rings. The second kappa shape index (κ2) is 9.95. The first-order chi connectivity index (χ1) is 13.2. The Balaban J connectivity index is 1.42. The third kappa shape index (κ3) is 6.12. The Labute approximate surface area is 164 Å². The molecule has 1 aliphatic heterocycles. The first-order valence-corrected chi connectivity index (χ1v) is 10.3. The Hall–Kier alpha value is -1.78. The van der Waals surface area contributed by atoms with Crippen LogP contribution < -0.4 is 4.74 Å². The fourth-order valence-electron chi connectivity index (χ4n) is 4.05. The van der Waals surface area contributed by atoms with Crippen LogP contribution in [0.3, 0.4) is 0 Å². The molecule has 0 radical (unpaired) electrons. The number of hydrogen-bond donors (Lipinski definition) is 0. The minimum atomic E-state index is 0.750. The van der Waals surface area contributed by atoms with Crippen LogP contribution in [0.2, 0.25) is 0 Å². The number of methoxy groups -OCH3 is 1. The van der Waals surface area contributed by atoms with Gasteiger partial charge in [0.25, 0.3) is 0 Å². The molecule has 0 saturated carbocycles. The number of furan rings is 1. The lowest BCUT2D eigenvalue weighted by atomic mass is 9.97. The molecule has 0 spiro atoms. The quantitative estimate of drug-likeness (QED) is 0.660. The molecule has 4 heteroatoms. The van der Waals surface area contributed by atoms with E-state index >= 15 is 0 Å². The van der Waals surface area contributed by atoms with E-state index in [-0.39, 0.29) is 0 Å². The van der Waals surface area contributed by atoms with Crippen LogP contribution in [-0.2, 0) is 19.4 Å². The van der Waals surface area contributed by atoms with Gasteiger partial charge < -0.3 is 14.1 Å². The molecule has 1 atom stereocenters. The van der Waals surface area contributed by atoms with Gasteiger partial charge in [-0.3, -0.25) is 4.90 Å². The van der Waals surface area contributed by atoms with Gasteiger partial charge >= 0.3 is 0 Å². The van der Waals surface area contributed by atoms with E-state index in [1.54, 1.807) is 7.11 Å². The highest BCUT2D eigenvalue weighted by molar-refractivity contribution is 5.27. The number of benzene rings is 1. The standard InChI is InChI=1S/C23H34N2O2/c1-4-21-11-12-23(27-21)18-24(2)16-20-6-5-14-25(17-20)15-13-19-7-9-22(26-3)10-8-19/h7-12,20H,4-6,13-18H2,1-3H3. The maximum absolute atomic E-state index is 5.86. The largest absolute Gasteiger partial charge is 0.497 e. The lowest BCUT2D eigenvalue weighted by molar-refractivity contribution is 0.139. The zero-order chi connectivity index (χ0) is 19.1. The summed E-state index contributed by atoms with van der Waals surface area (Å²) in [5, 5.41) is 0. The Morgan fingerprint density at radius 2 is 1.93 bits per heavy atom. The summed E-state index contributed by atoms with van der Waals surface area (Å²) in [6.45, 7) is 7.76. The van der Waals surface area contributed by atoms with Gasteiger partial charge in [0, 0.05) is 26.1 Å². The summed E-state index contributed by atoms with van der Waals surface area (Å²) in [6.07, 6.45) is 4.72. The minimum absolute atomic E-state index is 0.750. The van der Waals surface area contributed by atoms with Gasteiger partial charge in [0.15, 0.2) is 0 Å². The molecular weight excluding hydrogens is 336 g/mol. The van der Waals surface area contributed by atoms with Crippen LogP contribution in [0.5, 0.6) is 5.75 Å². The molecule has 0 aliphatic carbocycles. The van der Waals surface area contributed by atoms with E-state index in [0.29, 0.717) is 0 Å². The van der Waals surface area contributed by atoms with Crippen LogP contribution in [0.25, 0.3) is 0 Å². The zero-order valence-corrected chi connectivity index (χ0v) is 17.1. The first-order valence-electron chi connectivity index (χ1n) is 10.3. The van der Waals surface area contributed by atoms with Crippen molar-refractivity contribution in [3.8, 4) is 5.75 Å².